The second-order valence-electron chi connectivity index (χ2n) is 3.99. The first-order chi connectivity index (χ1) is 8.59. The van der Waals surface area contributed by atoms with Crippen LogP contribution in [0, 0.1) is 0 Å². The van der Waals surface area contributed by atoms with Crippen LogP contribution in [0.5, 0.6) is 0 Å². The molecule has 1 heterocycles. The van der Waals surface area contributed by atoms with E-state index in [1.54, 1.807) is 0 Å². The first-order valence-corrected chi connectivity index (χ1v) is 6.37. The van der Waals surface area contributed by atoms with Crippen molar-refractivity contribution in [2.45, 2.75) is 12.8 Å². The molecule has 0 aliphatic rings. The average molecular weight is 309 g/mol. The summed E-state index contributed by atoms with van der Waals surface area (Å²) in [5.41, 5.74) is 1.79. The molecule has 0 atom stereocenters. The number of aliphatic carboxylic acids is 1. The summed E-state index contributed by atoms with van der Waals surface area (Å²) in [6.07, 6.45) is 0.514. The van der Waals surface area contributed by atoms with E-state index in [0.717, 1.165) is 21.7 Å². The Bertz CT molecular complexity index is 564. The normalized spacial score (nSPS) is 10.6. The molecule has 2 aromatic rings. The maximum absolute atomic E-state index is 10.6. The average Bonchev–Trinajstić information content (AvgIpc) is 2.65. The van der Waals surface area contributed by atoms with Crippen LogP contribution in [0.25, 0.3) is 11.4 Å². The summed E-state index contributed by atoms with van der Waals surface area (Å²) in [6.45, 7) is 0. The van der Waals surface area contributed by atoms with Crippen molar-refractivity contribution in [2.24, 2.45) is 7.05 Å². The summed E-state index contributed by atoms with van der Waals surface area (Å²) in [6, 6.07) is 9.82. The number of benzene rings is 1. The van der Waals surface area contributed by atoms with E-state index in [-0.39, 0.29) is 6.42 Å². The monoisotopic (exact) mass is 308 g/mol. The van der Waals surface area contributed by atoms with Gasteiger partial charge in [-0.15, -0.1) is 0 Å². The van der Waals surface area contributed by atoms with Crippen LogP contribution in [0.4, 0.5) is 0 Å². The molecule has 0 spiro atoms. The summed E-state index contributed by atoms with van der Waals surface area (Å²) in [4.78, 5) is 15.1. The number of imidazole rings is 1. The van der Waals surface area contributed by atoms with Crippen molar-refractivity contribution in [1.82, 2.24) is 9.55 Å². The van der Waals surface area contributed by atoms with Crippen LogP contribution in [0.3, 0.4) is 0 Å². The van der Waals surface area contributed by atoms with Crippen molar-refractivity contribution < 1.29 is 9.90 Å². The molecule has 0 fully saturated rings. The minimum Gasteiger partial charge on any atom is -0.481 e. The third kappa shape index (κ3) is 2.61. The molecule has 1 N–H and O–H groups in total. The lowest BCUT2D eigenvalue weighted by Gasteiger charge is -2.01. The summed E-state index contributed by atoms with van der Waals surface area (Å²) >= 11 is 3.46. The van der Waals surface area contributed by atoms with E-state index in [9.17, 15) is 4.79 Å². The predicted octanol–water partition coefficient (Wildman–Crippen LogP) is 2.87. The topological polar surface area (TPSA) is 55.1 Å². The van der Waals surface area contributed by atoms with E-state index in [4.69, 9.17) is 5.11 Å². The van der Waals surface area contributed by atoms with Crippen LogP contribution >= 0.6 is 15.9 Å². The molecule has 94 valence electrons. The predicted molar refractivity (Wildman–Crippen MR) is 72.3 cm³/mol. The van der Waals surface area contributed by atoms with E-state index in [0.29, 0.717) is 6.42 Å². The highest BCUT2D eigenvalue weighted by Gasteiger charge is 2.14. The van der Waals surface area contributed by atoms with Gasteiger partial charge in [0, 0.05) is 19.0 Å². The Hall–Kier alpha value is -1.62. The number of hydrogen-bond acceptors (Lipinski definition) is 2. The second kappa shape index (κ2) is 5.35. The maximum Gasteiger partial charge on any atom is 0.303 e. The van der Waals surface area contributed by atoms with Crippen molar-refractivity contribution in [2.75, 3.05) is 0 Å². The number of aryl methyl sites for hydroxylation is 1. The fourth-order valence-electron chi connectivity index (χ4n) is 1.77. The zero-order chi connectivity index (χ0) is 13.1. The molecule has 2 rings (SSSR count). The molecule has 1 aromatic carbocycles. The van der Waals surface area contributed by atoms with Gasteiger partial charge in [-0.1, -0.05) is 30.3 Å². The van der Waals surface area contributed by atoms with Gasteiger partial charge in [-0.3, -0.25) is 4.79 Å². The van der Waals surface area contributed by atoms with Gasteiger partial charge in [0.25, 0.3) is 0 Å². The Kier molecular flexibility index (Phi) is 3.81. The lowest BCUT2D eigenvalue weighted by atomic mass is 10.2. The van der Waals surface area contributed by atoms with E-state index >= 15 is 0 Å². The highest BCUT2D eigenvalue weighted by Crippen LogP contribution is 2.25. The molecule has 4 nitrogen and oxygen atoms in total. The molecule has 0 aliphatic carbocycles. The van der Waals surface area contributed by atoms with Gasteiger partial charge in [-0.2, -0.15) is 0 Å². The minimum atomic E-state index is -0.811. The van der Waals surface area contributed by atoms with E-state index in [1.165, 1.54) is 0 Å². The molecule has 5 heteroatoms. The number of halogens is 1. The molecule has 0 radical (unpaired) electrons. The zero-order valence-electron chi connectivity index (χ0n) is 9.93. The number of carboxylic acids is 1. The third-order valence-electron chi connectivity index (χ3n) is 2.70. The summed E-state index contributed by atoms with van der Waals surface area (Å²) < 4.78 is 2.76. The smallest absolute Gasteiger partial charge is 0.303 e. The first kappa shape index (κ1) is 12.8. The van der Waals surface area contributed by atoms with Gasteiger partial charge in [0.2, 0.25) is 0 Å². The highest BCUT2D eigenvalue weighted by atomic mass is 79.9. The fourth-order valence-corrected chi connectivity index (χ4v) is 2.22. The Balaban J connectivity index is 2.33. The quantitative estimate of drug-likeness (QED) is 0.945. The van der Waals surface area contributed by atoms with Crippen LogP contribution in [-0.4, -0.2) is 20.6 Å². The molecule has 0 saturated heterocycles. The van der Waals surface area contributed by atoms with Crippen LogP contribution in [0.1, 0.15) is 12.1 Å². The summed E-state index contributed by atoms with van der Waals surface area (Å²) in [5.74, 6) is 0.0247. The standard InChI is InChI=1S/C13H13BrN2O2/c1-16-12(14)10(7-8-11(17)18)15-13(16)9-5-3-2-4-6-9/h2-6H,7-8H2,1H3,(H,17,18). The van der Waals surface area contributed by atoms with Crippen molar-refractivity contribution in [3.8, 4) is 11.4 Å². The van der Waals surface area contributed by atoms with Crippen LogP contribution in [-0.2, 0) is 18.3 Å². The molecule has 1 aromatic heterocycles. The zero-order valence-corrected chi connectivity index (χ0v) is 11.5. The van der Waals surface area contributed by atoms with Gasteiger partial charge in [-0.25, -0.2) is 4.98 Å². The minimum absolute atomic E-state index is 0.0871. The van der Waals surface area contributed by atoms with Crippen molar-refractivity contribution >= 4 is 21.9 Å². The number of hydrogen-bond donors (Lipinski definition) is 1. The summed E-state index contributed by atoms with van der Waals surface area (Å²) in [7, 11) is 1.91. The van der Waals surface area contributed by atoms with Crippen molar-refractivity contribution in [3.63, 3.8) is 0 Å². The van der Waals surface area contributed by atoms with Gasteiger partial charge >= 0.3 is 5.97 Å². The molecule has 18 heavy (non-hydrogen) atoms. The van der Waals surface area contributed by atoms with E-state index in [2.05, 4.69) is 20.9 Å². The fraction of sp³-hybridized carbons (Fsp3) is 0.231. The van der Waals surface area contributed by atoms with Gasteiger partial charge < -0.3 is 9.67 Å². The largest absolute Gasteiger partial charge is 0.481 e. The maximum atomic E-state index is 10.6. The molecular formula is C13H13BrN2O2. The van der Waals surface area contributed by atoms with Crippen LogP contribution in [0.2, 0.25) is 0 Å². The molecular weight excluding hydrogens is 296 g/mol. The Labute approximate surface area is 113 Å². The van der Waals surface area contributed by atoms with Gasteiger partial charge in [-0.05, 0) is 15.9 Å². The molecule has 0 amide bonds. The van der Waals surface area contributed by atoms with Gasteiger partial charge in [0.05, 0.1) is 12.1 Å². The number of carboxylic acid groups (broad SMARTS) is 1. The van der Waals surface area contributed by atoms with E-state index in [1.807, 2.05) is 41.9 Å². The van der Waals surface area contributed by atoms with Crippen LogP contribution in [0.15, 0.2) is 34.9 Å². The first-order valence-electron chi connectivity index (χ1n) is 5.58. The Morgan fingerprint density at radius 1 is 1.39 bits per heavy atom. The van der Waals surface area contributed by atoms with E-state index < -0.39 is 5.97 Å². The second-order valence-corrected chi connectivity index (χ2v) is 4.74. The summed E-state index contributed by atoms with van der Waals surface area (Å²) in [5, 5.41) is 8.71. The van der Waals surface area contributed by atoms with Crippen molar-refractivity contribution in [1.29, 1.82) is 0 Å². The van der Waals surface area contributed by atoms with Crippen molar-refractivity contribution in [3.05, 3.63) is 40.6 Å². The Morgan fingerprint density at radius 2 is 2.06 bits per heavy atom. The highest BCUT2D eigenvalue weighted by molar-refractivity contribution is 9.10. The lowest BCUT2D eigenvalue weighted by Crippen LogP contribution is -1.98. The van der Waals surface area contributed by atoms with Crippen LogP contribution < -0.4 is 0 Å². The SMILES string of the molecule is Cn1c(-c2ccccc2)nc(CCC(=O)O)c1Br. The Morgan fingerprint density at radius 3 is 2.67 bits per heavy atom. The van der Waals surface area contributed by atoms with Gasteiger partial charge in [0.1, 0.15) is 10.4 Å². The number of rotatable bonds is 4. The number of nitrogens with zero attached hydrogens (tertiary/aromatic N) is 2. The molecule has 0 unspecified atom stereocenters. The van der Waals surface area contributed by atoms with Gasteiger partial charge in [0.15, 0.2) is 0 Å². The third-order valence-corrected chi connectivity index (χ3v) is 3.69. The number of aromatic nitrogens is 2. The molecule has 0 saturated carbocycles. The number of carbonyl (C=O) groups is 1. The molecule has 0 bridgehead atoms. The lowest BCUT2D eigenvalue weighted by molar-refractivity contribution is -0.136. The molecule has 0 aliphatic heterocycles.